The molecule has 0 bridgehead atoms. The Morgan fingerprint density at radius 2 is 1.59 bits per heavy atom. The topological polar surface area (TPSA) is 54.9 Å². The molecular formula is C17H13ClN2O2. The summed E-state index contributed by atoms with van der Waals surface area (Å²) in [6.45, 7) is 0. The molecule has 110 valence electrons. The van der Waals surface area contributed by atoms with E-state index in [1.807, 2.05) is 48.5 Å². The van der Waals surface area contributed by atoms with Crippen molar-refractivity contribution in [3.63, 3.8) is 0 Å². The van der Waals surface area contributed by atoms with Crippen LogP contribution in [0.25, 0.3) is 16.9 Å². The molecule has 22 heavy (non-hydrogen) atoms. The van der Waals surface area contributed by atoms with Crippen molar-refractivity contribution < 1.29 is 4.79 Å². The smallest absolute Gasteiger partial charge is 0.282 e. The van der Waals surface area contributed by atoms with Gasteiger partial charge in [0.05, 0.1) is 17.3 Å². The third-order valence-electron chi connectivity index (χ3n) is 3.37. The van der Waals surface area contributed by atoms with Gasteiger partial charge in [0.15, 0.2) is 5.78 Å². The first-order chi connectivity index (χ1) is 10.7. The molecule has 3 rings (SSSR count). The quantitative estimate of drug-likeness (QED) is 0.594. The van der Waals surface area contributed by atoms with Gasteiger partial charge in [-0.25, -0.2) is 4.68 Å². The van der Waals surface area contributed by atoms with Gasteiger partial charge < -0.3 is 0 Å². The molecule has 0 spiro atoms. The van der Waals surface area contributed by atoms with Crippen molar-refractivity contribution in [1.29, 1.82) is 0 Å². The number of H-pyrrole nitrogens is 1. The number of para-hydroxylation sites is 1. The Hall–Kier alpha value is -2.59. The van der Waals surface area contributed by atoms with Gasteiger partial charge in [-0.1, -0.05) is 48.5 Å². The maximum Gasteiger partial charge on any atom is 0.282 e. The summed E-state index contributed by atoms with van der Waals surface area (Å²) in [6.07, 6.45) is 0. The predicted molar refractivity (Wildman–Crippen MR) is 86.9 cm³/mol. The third kappa shape index (κ3) is 2.49. The molecular weight excluding hydrogens is 300 g/mol. The molecule has 5 heteroatoms. The van der Waals surface area contributed by atoms with Crippen molar-refractivity contribution in [3.05, 3.63) is 76.6 Å². The van der Waals surface area contributed by atoms with Gasteiger partial charge in [0.25, 0.3) is 5.56 Å². The summed E-state index contributed by atoms with van der Waals surface area (Å²) in [7, 11) is 0. The molecule has 1 aromatic heterocycles. The predicted octanol–water partition coefficient (Wildman–Crippen LogP) is 3.25. The Labute approximate surface area is 132 Å². The number of rotatable bonds is 4. The van der Waals surface area contributed by atoms with E-state index >= 15 is 0 Å². The summed E-state index contributed by atoms with van der Waals surface area (Å²) < 4.78 is 1.36. The second-order valence-electron chi connectivity index (χ2n) is 4.76. The highest BCUT2D eigenvalue weighted by molar-refractivity contribution is 6.31. The number of alkyl halides is 1. The first-order valence-electron chi connectivity index (χ1n) is 6.77. The van der Waals surface area contributed by atoms with Crippen LogP contribution in [0.5, 0.6) is 0 Å². The molecule has 0 atom stereocenters. The number of hydrogen-bond donors (Lipinski definition) is 1. The average Bonchev–Trinajstić information content (AvgIpc) is 2.93. The Bertz CT molecular complexity index is 851. The highest BCUT2D eigenvalue weighted by atomic mass is 35.5. The van der Waals surface area contributed by atoms with Gasteiger partial charge in [0.1, 0.15) is 5.56 Å². The van der Waals surface area contributed by atoms with Crippen LogP contribution in [0.4, 0.5) is 0 Å². The molecule has 1 heterocycles. The Morgan fingerprint density at radius 3 is 2.18 bits per heavy atom. The molecule has 0 aliphatic heterocycles. The number of aromatic amines is 1. The van der Waals surface area contributed by atoms with E-state index in [4.69, 9.17) is 11.6 Å². The van der Waals surface area contributed by atoms with Crippen molar-refractivity contribution in [2.75, 3.05) is 5.88 Å². The Kier molecular flexibility index (Phi) is 3.94. The number of nitrogens with one attached hydrogen (secondary N) is 1. The van der Waals surface area contributed by atoms with E-state index in [2.05, 4.69) is 5.10 Å². The van der Waals surface area contributed by atoms with Crippen LogP contribution in [0.15, 0.2) is 65.5 Å². The monoisotopic (exact) mass is 312 g/mol. The fourth-order valence-corrected chi connectivity index (χ4v) is 2.47. The number of nitrogens with zero attached hydrogens (tertiary/aromatic N) is 1. The fourth-order valence-electron chi connectivity index (χ4n) is 2.34. The lowest BCUT2D eigenvalue weighted by molar-refractivity contribution is 0.102. The first kappa shape index (κ1) is 14.4. The van der Waals surface area contributed by atoms with Crippen LogP contribution in [0.2, 0.25) is 0 Å². The highest BCUT2D eigenvalue weighted by Gasteiger charge is 2.21. The number of benzene rings is 2. The molecule has 0 saturated heterocycles. The van der Waals surface area contributed by atoms with E-state index in [1.54, 1.807) is 12.1 Å². The minimum Gasteiger partial charge on any atom is -0.293 e. The molecule has 2 aromatic carbocycles. The summed E-state index contributed by atoms with van der Waals surface area (Å²) in [6, 6.07) is 18.4. The molecule has 4 nitrogen and oxygen atoms in total. The standard InChI is InChI=1S/C17H13ClN2O2/c18-11-14(21)15-16(12-7-3-1-4-8-12)19-20(17(15)22)13-9-5-2-6-10-13/h1-10,19H,11H2. The normalized spacial score (nSPS) is 10.6. The number of carbonyl (C=O) groups excluding carboxylic acids is 1. The van der Waals surface area contributed by atoms with Crippen molar-refractivity contribution in [2.45, 2.75) is 0 Å². The van der Waals surface area contributed by atoms with Crippen molar-refractivity contribution in [1.82, 2.24) is 9.78 Å². The van der Waals surface area contributed by atoms with E-state index in [1.165, 1.54) is 4.68 Å². The molecule has 3 aromatic rings. The number of Topliss-reactive ketones (excluding diaryl/α,β-unsaturated/α-hetero) is 1. The van der Waals surface area contributed by atoms with Crippen molar-refractivity contribution in [2.24, 2.45) is 0 Å². The van der Waals surface area contributed by atoms with Gasteiger partial charge in [-0.2, -0.15) is 0 Å². The molecule has 1 N–H and O–H groups in total. The Morgan fingerprint density at radius 1 is 1.00 bits per heavy atom. The number of hydrogen-bond acceptors (Lipinski definition) is 2. The SMILES string of the molecule is O=C(CCl)c1c(-c2ccccc2)[nH]n(-c2ccccc2)c1=O. The van der Waals surface area contributed by atoms with Crippen LogP contribution in [0.1, 0.15) is 10.4 Å². The van der Waals surface area contributed by atoms with Crippen molar-refractivity contribution in [3.8, 4) is 16.9 Å². The van der Waals surface area contributed by atoms with Crippen LogP contribution in [-0.4, -0.2) is 21.4 Å². The molecule has 0 fully saturated rings. The third-order valence-corrected chi connectivity index (χ3v) is 3.61. The summed E-state index contributed by atoms with van der Waals surface area (Å²) >= 11 is 5.66. The van der Waals surface area contributed by atoms with Crippen LogP contribution in [-0.2, 0) is 0 Å². The molecule has 0 saturated carbocycles. The maximum absolute atomic E-state index is 12.6. The zero-order chi connectivity index (χ0) is 15.5. The van der Waals surface area contributed by atoms with E-state index in [0.29, 0.717) is 11.4 Å². The lowest BCUT2D eigenvalue weighted by atomic mass is 10.1. The average molecular weight is 313 g/mol. The number of halogens is 1. The van der Waals surface area contributed by atoms with Gasteiger partial charge in [0.2, 0.25) is 0 Å². The number of aromatic nitrogens is 2. The van der Waals surface area contributed by atoms with Gasteiger partial charge in [-0.05, 0) is 12.1 Å². The molecule has 0 aliphatic carbocycles. The molecule has 0 aliphatic rings. The van der Waals surface area contributed by atoms with Crippen LogP contribution >= 0.6 is 11.6 Å². The van der Waals surface area contributed by atoms with E-state index in [-0.39, 0.29) is 11.4 Å². The second kappa shape index (κ2) is 6.03. The van der Waals surface area contributed by atoms with Crippen molar-refractivity contribution >= 4 is 17.4 Å². The van der Waals surface area contributed by atoms with Gasteiger partial charge in [0, 0.05) is 5.56 Å². The lowest BCUT2D eigenvalue weighted by Crippen LogP contribution is -2.20. The van der Waals surface area contributed by atoms with E-state index in [9.17, 15) is 9.59 Å². The largest absolute Gasteiger partial charge is 0.293 e. The van der Waals surface area contributed by atoms with E-state index < -0.39 is 11.3 Å². The fraction of sp³-hybridized carbons (Fsp3) is 0.0588. The first-order valence-corrected chi connectivity index (χ1v) is 7.31. The van der Waals surface area contributed by atoms with Crippen LogP contribution in [0.3, 0.4) is 0 Å². The minimum atomic E-state index is -0.393. The van der Waals surface area contributed by atoms with Crippen LogP contribution < -0.4 is 5.56 Å². The maximum atomic E-state index is 12.6. The van der Waals surface area contributed by atoms with Crippen LogP contribution in [0, 0.1) is 0 Å². The summed E-state index contributed by atoms with van der Waals surface area (Å²) in [5.74, 6) is -0.627. The zero-order valence-corrected chi connectivity index (χ0v) is 12.4. The van der Waals surface area contributed by atoms with Gasteiger partial charge in [-0.15, -0.1) is 11.6 Å². The second-order valence-corrected chi connectivity index (χ2v) is 5.03. The van der Waals surface area contributed by atoms with E-state index in [0.717, 1.165) is 5.56 Å². The zero-order valence-electron chi connectivity index (χ0n) is 11.6. The summed E-state index contributed by atoms with van der Waals surface area (Å²) in [4.78, 5) is 24.7. The summed E-state index contributed by atoms with van der Waals surface area (Å²) in [5, 5.41) is 3.02. The number of ketones is 1. The van der Waals surface area contributed by atoms with Gasteiger partial charge in [-0.3, -0.25) is 14.7 Å². The van der Waals surface area contributed by atoms with Gasteiger partial charge >= 0.3 is 0 Å². The Balaban J connectivity index is 2.26. The number of carbonyl (C=O) groups is 1. The highest BCUT2D eigenvalue weighted by Crippen LogP contribution is 2.21. The molecule has 0 amide bonds. The minimum absolute atomic E-state index is 0.0880. The summed E-state index contributed by atoms with van der Waals surface area (Å²) in [5.41, 5.74) is 1.61. The molecule has 0 unspecified atom stereocenters. The lowest BCUT2D eigenvalue weighted by Gasteiger charge is -2.01. The molecule has 0 radical (unpaired) electrons.